The summed E-state index contributed by atoms with van der Waals surface area (Å²) >= 11 is 0. The van der Waals surface area contributed by atoms with Crippen molar-refractivity contribution in [3.8, 4) is 5.75 Å². The number of para-hydroxylation sites is 1. The maximum absolute atomic E-state index is 12.0. The summed E-state index contributed by atoms with van der Waals surface area (Å²) in [6.45, 7) is 5.41. The SMILES string of the molecule is CCCS(=O)(=O)NC(=O)c1ccccc1OC(C)C. The Hall–Kier alpha value is -1.56. The Morgan fingerprint density at radius 3 is 2.53 bits per heavy atom. The zero-order valence-electron chi connectivity index (χ0n) is 11.3. The van der Waals surface area contributed by atoms with Crippen LogP contribution < -0.4 is 9.46 Å². The highest BCUT2D eigenvalue weighted by atomic mass is 32.2. The van der Waals surface area contributed by atoms with Gasteiger partial charge >= 0.3 is 0 Å². The van der Waals surface area contributed by atoms with Gasteiger partial charge in [0, 0.05) is 0 Å². The number of sulfonamides is 1. The summed E-state index contributed by atoms with van der Waals surface area (Å²) < 4.78 is 30.7. The molecule has 1 rings (SSSR count). The van der Waals surface area contributed by atoms with Gasteiger partial charge in [0.15, 0.2) is 0 Å². The van der Waals surface area contributed by atoms with Crippen molar-refractivity contribution in [2.45, 2.75) is 33.3 Å². The molecule has 0 atom stereocenters. The Kier molecular flexibility index (Phi) is 5.35. The van der Waals surface area contributed by atoms with E-state index in [4.69, 9.17) is 4.74 Å². The minimum atomic E-state index is -3.58. The second kappa shape index (κ2) is 6.56. The number of carbonyl (C=O) groups is 1. The number of amides is 1. The molecule has 5 nitrogen and oxygen atoms in total. The Labute approximate surface area is 114 Å². The second-order valence-electron chi connectivity index (χ2n) is 4.41. The fourth-order valence-corrected chi connectivity index (χ4v) is 2.56. The molecular formula is C13H19NO4S. The summed E-state index contributed by atoms with van der Waals surface area (Å²) in [6, 6.07) is 6.57. The molecule has 0 heterocycles. The van der Waals surface area contributed by atoms with E-state index < -0.39 is 15.9 Å². The Bertz CT molecular complexity index is 537. The van der Waals surface area contributed by atoms with Crippen molar-refractivity contribution in [1.82, 2.24) is 4.72 Å². The van der Waals surface area contributed by atoms with Crippen LogP contribution in [0.15, 0.2) is 24.3 Å². The molecule has 6 heteroatoms. The number of carbonyl (C=O) groups excluding carboxylic acids is 1. The highest BCUT2D eigenvalue weighted by Gasteiger charge is 2.18. The number of hydrogen-bond acceptors (Lipinski definition) is 4. The molecule has 106 valence electrons. The number of ether oxygens (including phenoxy) is 1. The van der Waals surface area contributed by atoms with Crippen molar-refractivity contribution in [1.29, 1.82) is 0 Å². The maximum Gasteiger partial charge on any atom is 0.268 e. The molecule has 0 aliphatic heterocycles. The standard InChI is InChI=1S/C13H19NO4S/c1-4-9-19(16,17)14-13(15)11-7-5-6-8-12(11)18-10(2)3/h5-8,10H,4,9H2,1-3H3,(H,14,15). The van der Waals surface area contributed by atoms with Crippen LogP contribution >= 0.6 is 0 Å². The predicted octanol–water partition coefficient (Wildman–Crippen LogP) is 1.94. The zero-order valence-corrected chi connectivity index (χ0v) is 12.2. The van der Waals surface area contributed by atoms with E-state index >= 15 is 0 Å². The molecule has 0 radical (unpaired) electrons. The van der Waals surface area contributed by atoms with Gasteiger partial charge in [0.05, 0.1) is 17.4 Å². The van der Waals surface area contributed by atoms with Crippen molar-refractivity contribution >= 4 is 15.9 Å². The molecule has 0 spiro atoms. The fraction of sp³-hybridized carbons (Fsp3) is 0.462. The molecule has 0 aromatic heterocycles. The van der Waals surface area contributed by atoms with Crippen LogP contribution in [0.1, 0.15) is 37.6 Å². The average Bonchev–Trinajstić information content (AvgIpc) is 2.27. The van der Waals surface area contributed by atoms with Crippen LogP contribution in [0.5, 0.6) is 5.75 Å². The molecule has 0 unspecified atom stereocenters. The summed E-state index contributed by atoms with van der Waals surface area (Å²) in [4.78, 5) is 12.0. The third-order valence-corrected chi connectivity index (χ3v) is 3.66. The molecule has 0 fully saturated rings. The molecule has 0 bridgehead atoms. The van der Waals surface area contributed by atoms with Gasteiger partial charge in [0.1, 0.15) is 5.75 Å². The van der Waals surface area contributed by atoms with Gasteiger partial charge in [0.2, 0.25) is 10.0 Å². The number of hydrogen-bond donors (Lipinski definition) is 1. The Balaban J connectivity index is 2.94. The van der Waals surface area contributed by atoms with E-state index in [1.165, 1.54) is 6.07 Å². The van der Waals surface area contributed by atoms with Crippen LogP contribution in [0.4, 0.5) is 0 Å². The molecular weight excluding hydrogens is 266 g/mol. The molecule has 0 aliphatic rings. The highest BCUT2D eigenvalue weighted by Crippen LogP contribution is 2.19. The quantitative estimate of drug-likeness (QED) is 0.867. The van der Waals surface area contributed by atoms with Crippen LogP contribution in [0.2, 0.25) is 0 Å². The van der Waals surface area contributed by atoms with Gasteiger partial charge in [-0.1, -0.05) is 19.1 Å². The predicted molar refractivity (Wildman–Crippen MR) is 73.8 cm³/mol. The summed E-state index contributed by atoms with van der Waals surface area (Å²) in [5.74, 6) is -0.363. The van der Waals surface area contributed by atoms with Gasteiger partial charge in [0.25, 0.3) is 5.91 Å². The van der Waals surface area contributed by atoms with Gasteiger partial charge in [-0.15, -0.1) is 0 Å². The van der Waals surface area contributed by atoms with E-state index in [1.54, 1.807) is 25.1 Å². The Morgan fingerprint density at radius 1 is 1.32 bits per heavy atom. The lowest BCUT2D eigenvalue weighted by Crippen LogP contribution is -2.32. The molecule has 19 heavy (non-hydrogen) atoms. The molecule has 1 amide bonds. The van der Waals surface area contributed by atoms with Crippen LogP contribution in [-0.4, -0.2) is 26.2 Å². The highest BCUT2D eigenvalue weighted by molar-refractivity contribution is 7.90. The first-order valence-electron chi connectivity index (χ1n) is 6.16. The van der Waals surface area contributed by atoms with E-state index in [0.717, 1.165) is 0 Å². The second-order valence-corrected chi connectivity index (χ2v) is 6.25. The molecule has 1 N–H and O–H groups in total. The number of nitrogens with one attached hydrogen (secondary N) is 1. The van der Waals surface area contributed by atoms with E-state index in [-0.39, 0.29) is 17.4 Å². The lowest BCUT2D eigenvalue weighted by molar-refractivity contribution is 0.0975. The van der Waals surface area contributed by atoms with Gasteiger partial charge in [-0.05, 0) is 32.4 Å². The first-order chi connectivity index (χ1) is 8.85. The molecule has 0 saturated carbocycles. The Morgan fingerprint density at radius 2 is 1.95 bits per heavy atom. The van der Waals surface area contributed by atoms with Gasteiger partial charge in [-0.3, -0.25) is 4.79 Å². The van der Waals surface area contributed by atoms with Gasteiger partial charge in [-0.25, -0.2) is 13.1 Å². The first-order valence-corrected chi connectivity index (χ1v) is 7.81. The van der Waals surface area contributed by atoms with Crippen molar-refractivity contribution < 1.29 is 17.9 Å². The number of rotatable bonds is 6. The van der Waals surface area contributed by atoms with Gasteiger partial charge < -0.3 is 4.74 Å². The summed E-state index contributed by atoms with van der Waals surface area (Å²) in [5, 5.41) is 0. The smallest absolute Gasteiger partial charge is 0.268 e. The average molecular weight is 285 g/mol. The fourth-order valence-electron chi connectivity index (χ4n) is 1.53. The van der Waals surface area contributed by atoms with Crippen LogP contribution in [0.25, 0.3) is 0 Å². The van der Waals surface area contributed by atoms with Crippen molar-refractivity contribution in [2.24, 2.45) is 0 Å². The van der Waals surface area contributed by atoms with Crippen LogP contribution in [0, 0.1) is 0 Å². The minimum Gasteiger partial charge on any atom is -0.490 e. The molecule has 0 saturated heterocycles. The maximum atomic E-state index is 12.0. The summed E-state index contributed by atoms with van der Waals surface area (Å²) in [7, 11) is -3.58. The summed E-state index contributed by atoms with van der Waals surface area (Å²) in [5.41, 5.74) is 0.218. The lowest BCUT2D eigenvalue weighted by Gasteiger charge is -2.14. The van der Waals surface area contributed by atoms with E-state index in [9.17, 15) is 13.2 Å². The molecule has 1 aromatic rings. The largest absolute Gasteiger partial charge is 0.490 e. The van der Waals surface area contributed by atoms with Crippen LogP contribution in [-0.2, 0) is 10.0 Å². The monoisotopic (exact) mass is 285 g/mol. The van der Waals surface area contributed by atoms with E-state index in [0.29, 0.717) is 12.2 Å². The third kappa shape index (κ3) is 4.90. The molecule has 0 aliphatic carbocycles. The molecule has 1 aromatic carbocycles. The van der Waals surface area contributed by atoms with Crippen molar-refractivity contribution in [3.63, 3.8) is 0 Å². The van der Waals surface area contributed by atoms with Crippen molar-refractivity contribution in [2.75, 3.05) is 5.75 Å². The van der Waals surface area contributed by atoms with Crippen molar-refractivity contribution in [3.05, 3.63) is 29.8 Å². The number of benzene rings is 1. The summed E-state index contributed by atoms with van der Waals surface area (Å²) in [6.07, 6.45) is 0.355. The zero-order chi connectivity index (χ0) is 14.5. The lowest BCUT2D eigenvalue weighted by atomic mass is 10.2. The van der Waals surface area contributed by atoms with Crippen LogP contribution in [0.3, 0.4) is 0 Å². The normalized spacial score (nSPS) is 11.4. The topological polar surface area (TPSA) is 72.5 Å². The van der Waals surface area contributed by atoms with E-state index in [1.807, 2.05) is 18.6 Å². The third-order valence-electron chi connectivity index (χ3n) is 2.22. The minimum absolute atomic E-state index is 0.0774. The van der Waals surface area contributed by atoms with E-state index in [2.05, 4.69) is 0 Å². The first kappa shape index (κ1) is 15.5. The van der Waals surface area contributed by atoms with Gasteiger partial charge in [-0.2, -0.15) is 0 Å².